The highest BCUT2D eigenvalue weighted by Crippen LogP contribution is 2.41. The number of hydrogen-bond acceptors (Lipinski definition) is 2. The van der Waals surface area contributed by atoms with Gasteiger partial charge in [0.05, 0.1) is 6.54 Å². The number of fused-ring (bicyclic) bond motifs is 2. The van der Waals surface area contributed by atoms with Crippen LogP contribution in [-0.4, -0.2) is 35.1 Å². The molecule has 2 unspecified atom stereocenters. The Morgan fingerprint density at radius 2 is 2.58 bits per heavy atom. The van der Waals surface area contributed by atoms with Crippen LogP contribution in [0, 0.1) is 5.41 Å². The van der Waals surface area contributed by atoms with E-state index < -0.39 is 5.97 Å². The van der Waals surface area contributed by atoms with Crippen LogP contribution < -0.4 is 0 Å². The maximum absolute atomic E-state index is 10.5. The highest BCUT2D eigenvalue weighted by Gasteiger charge is 2.42. The number of carboxylic acids is 1. The van der Waals surface area contributed by atoms with Crippen molar-refractivity contribution in [3.8, 4) is 0 Å². The van der Waals surface area contributed by atoms with Crippen LogP contribution in [0.4, 0.5) is 0 Å². The Kier molecular flexibility index (Phi) is 1.51. The van der Waals surface area contributed by atoms with Gasteiger partial charge >= 0.3 is 5.97 Å². The van der Waals surface area contributed by atoms with E-state index in [1.54, 1.807) is 0 Å². The van der Waals surface area contributed by atoms with Crippen molar-refractivity contribution in [2.24, 2.45) is 5.41 Å². The highest BCUT2D eigenvalue weighted by atomic mass is 16.4. The average Bonchev–Trinajstić information content (AvgIpc) is 2.40. The monoisotopic (exact) mass is 167 g/mol. The molecule has 1 saturated heterocycles. The van der Waals surface area contributed by atoms with Crippen molar-refractivity contribution < 1.29 is 9.90 Å². The van der Waals surface area contributed by atoms with E-state index in [4.69, 9.17) is 5.11 Å². The van der Waals surface area contributed by atoms with Crippen LogP contribution in [0.1, 0.15) is 13.3 Å². The largest absolute Gasteiger partial charge is 0.480 e. The number of aliphatic carboxylic acids is 1. The third kappa shape index (κ3) is 1.14. The number of hydrogen-bond donors (Lipinski definition) is 1. The normalized spacial score (nSPS) is 39.2. The third-order valence-electron chi connectivity index (χ3n) is 2.77. The molecule has 12 heavy (non-hydrogen) atoms. The van der Waals surface area contributed by atoms with E-state index in [0.717, 1.165) is 13.0 Å². The molecule has 1 fully saturated rings. The predicted molar refractivity (Wildman–Crippen MR) is 44.9 cm³/mol. The number of rotatable bonds is 2. The quantitative estimate of drug-likeness (QED) is 0.616. The first-order chi connectivity index (χ1) is 5.59. The topological polar surface area (TPSA) is 40.5 Å². The molecule has 0 aromatic carbocycles. The molecule has 3 nitrogen and oxygen atoms in total. The van der Waals surface area contributed by atoms with Gasteiger partial charge in [0.1, 0.15) is 0 Å². The summed E-state index contributed by atoms with van der Waals surface area (Å²) in [5.74, 6) is -0.723. The van der Waals surface area contributed by atoms with E-state index in [0.29, 0.717) is 6.04 Å². The molecule has 0 saturated carbocycles. The van der Waals surface area contributed by atoms with E-state index in [2.05, 4.69) is 19.1 Å². The second-order valence-corrected chi connectivity index (χ2v) is 4.08. The molecule has 0 radical (unpaired) electrons. The maximum atomic E-state index is 10.5. The Labute approximate surface area is 71.7 Å². The molecule has 2 aliphatic rings. The van der Waals surface area contributed by atoms with Gasteiger partial charge in [0.15, 0.2) is 0 Å². The van der Waals surface area contributed by atoms with Crippen molar-refractivity contribution in [2.75, 3.05) is 13.1 Å². The summed E-state index contributed by atoms with van der Waals surface area (Å²) in [5, 5.41) is 8.62. The molecule has 1 N–H and O–H groups in total. The Morgan fingerprint density at radius 1 is 1.83 bits per heavy atom. The van der Waals surface area contributed by atoms with Gasteiger partial charge in [0, 0.05) is 12.6 Å². The van der Waals surface area contributed by atoms with Crippen molar-refractivity contribution in [3.63, 3.8) is 0 Å². The van der Waals surface area contributed by atoms with Gasteiger partial charge < -0.3 is 5.11 Å². The van der Waals surface area contributed by atoms with Crippen molar-refractivity contribution in [1.29, 1.82) is 0 Å². The van der Waals surface area contributed by atoms with Crippen LogP contribution in [0.5, 0.6) is 0 Å². The molecule has 1 aliphatic heterocycles. The summed E-state index contributed by atoms with van der Waals surface area (Å²) in [7, 11) is 0. The summed E-state index contributed by atoms with van der Waals surface area (Å²) in [5.41, 5.74) is 0.250. The molecule has 0 amide bonds. The van der Waals surface area contributed by atoms with Crippen molar-refractivity contribution in [3.05, 3.63) is 12.2 Å². The zero-order chi connectivity index (χ0) is 8.77. The van der Waals surface area contributed by atoms with Crippen LogP contribution in [-0.2, 0) is 4.79 Å². The van der Waals surface area contributed by atoms with E-state index >= 15 is 0 Å². The summed E-state index contributed by atoms with van der Waals surface area (Å²) in [6, 6.07) is 0.381. The Balaban J connectivity index is 2.05. The number of nitrogens with zero attached hydrogens (tertiary/aromatic N) is 1. The molecule has 2 rings (SSSR count). The maximum Gasteiger partial charge on any atom is 0.317 e. The second kappa shape index (κ2) is 2.33. The van der Waals surface area contributed by atoms with Crippen LogP contribution in [0.25, 0.3) is 0 Å². The SMILES string of the molecule is CC12C=CC(C1)N(CC(=O)O)C2. The summed E-state index contributed by atoms with van der Waals surface area (Å²) in [4.78, 5) is 12.5. The third-order valence-corrected chi connectivity index (χ3v) is 2.77. The van der Waals surface area contributed by atoms with Crippen molar-refractivity contribution >= 4 is 5.97 Å². The molecular weight excluding hydrogens is 154 g/mol. The van der Waals surface area contributed by atoms with Crippen molar-refractivity contribution in [1.82, 2.24) is 4.90 Å². The summed E-state index contributed by atoms with van der Waals surface area (Å²) in [6.07, 6.45) is 5.45. The zero-order valence-corrected chi connectivity index (χ0v) is 7.16. The molecule has 1 heterocycles. The molecule has 0 aromatic rings. The standard InChI is InChI=1S/C9H13NO2/c1-9-3-2-7(4-9)10(6-9)5-8(11)12/h2-3,7H,4-6H2,1H3,(H,11,12). The lowest BCUT2D eigenvalue weighted by atomic mass is 9.93. The van der Waals surface area contributed by atoms with Gasteiger partial charge in [-0.1, -0.05) is 19.1 Å². The fourth-order valence-electron chi connectivity index (χ4n) is 2.25. The first kappa shape index (κ1) is 7.80. The minimum Gasteiger partial charge on any atom is -0.480 e. The van der Waals surface area contributed by atoms with E-state index in [1.165, 1.54) is 0 Å². The Hall–Kier alpha value is -0.830. The summed E-state index contributed by atoms with van der Waals surface area (Å²) in [6.45, 7) is 3.27. The first-order valence-electron chi connectivity index (χ1n) is 4.24. The van der Waals surface area contributed by atoms with Gasteiger partial charge in [-0.15, -0.1) is 0 Å². The minimum atomic E-state index is -0.723. The fourth-order valence-corrected chi connectivity index (χ4v) is 2.25. The molecule has 0 spiro atoms. The zero-order valence-electron chi connectivity index (χ0n) is 7.16. The smallest absolute Gasteiger partial charge is 0.317 e. The fraction of sp³-hybridized carbons (Fsp3) is 0.667. The molecule has 0 aromatic heterocycles. The molecule has 2 atom stereocenters. The van der Waals surface area contributed by atoms with Crippen LogP contribution in [0.2, 0.25) is 0 Å². The van der Waals surface area contributed by atoms with Crippen LogP contribution >= 0.6 is 0 Å². The summed E-state index contributed by atoms with van der Waals surface area (Å²) >= 11 is 0. The number of carbonyl (C=O) groups is 1. The predicted octanol–water partition coefficient (Wildman–Crippen LogP) is 0.721. The molecular formula is C9H13NO2. The van der Waals surface area contributed by atoms with E-state index in [1.807, 2.05) is 4.90 Å². The van der Waals surface area contributed by atoms with Gasteiger partial charge in [-0.3, -0.25) is 9.69 Å². The van der Waals surface area contributed by atoms with Crippen molar-refractivity contribution in [2.45, 2.75) is 19.4 Å². The first-order valence-corrected chi connectivity index (χ1v) is 4.24. The summed E-state index contributed by atoms with van der Waals surface area (Å²) < 4.78 is 0. The Bertz CT molecular complexity index is 249. The minimum absolute atomic E-state index is 0.185. The van der Waals surface area contributed by atoms with Gasteiger partial charge in [-0.05, 0) is 11.8 Å². The van der Waals surface area contributed by atoms with Gasteiger partial charge in [-0.25, -0.2) is 0 Å². The lowest BCUT2D eigenvalue weighted by Gasteiger charge is -2.24. The molecule has 66 valence electrons. The highest BCUT2D eigenvalue weighted by molar-refractivity contribution is 5.69. The van der Waals surface area contributed by atoms with Gasteiger partial charge in [0.25, 0.3) is 0 Å². The van der Waals surface area contributed by atoms with Gasteiger partial charge in [-0.2, -0.15) is 0 Å². The van der Waals surface area contributed by atoms with E-state index in [-0.39, 0.29) is 12.0 Å². The van der Waals surface area contributed by atoms with Crippen LogP contribution in [0.3, 0.4) is 0 Å². The number of carboxylic acid groups (broad SMARTS) is 1. The molecule has 1 aliphatic carbocycles. The molecule has 2 bridgehead atoms. The average molecular weight is 167 g/mol. The number of likely N-dealkylation sites (tertiary alicyclic amines) is 1. The van der Waals surface area contributed by atoms with Gasteiger partial charge in [0.2, 0.25) is 0 Å². The van der Waals surface area contributed by atoms with Crippen LogP contribution in [0.15, 0.2) is 12.2 Å². The lowest BCUT2D eigenvalue weighted by molar-refractivity contribution is -0.138. The lowest BCUT2D eigenvalue weighted by Crippen LogP contribution is -2.35. The second-order valence-electron chi connectivity index (χ2n) is 4.08. The van der Waals surface area contributed by atoms with E-state index in [9.17, 15) is 4.79 Å². The Morgan fingerprint density at radius 3 is 3.00 bits per heavy atom. The molecule has 3 heteroatoms.